The van der Waals surface area contributed by atoms with Gasteiger partial charge >= 0.3 is 0 Å². The highest BCUT2D eigenvalue weighted by Crippen LogP contribution is 2.27. The molecule has 0 saturated carbocycles. The molecule has 2 rings (SSSR count). The third kappa shape index (κ3) is 2.83. The number of nitrogens with two attached hydrogens (primary N) is 1. The summed E-state index contributed by atoms with van der Waals surface area (Å²) >= 11 is 0. The molecule has 2 atom stereocenters. The minimum Gasteiger partial charge on any atom is -0.324 e. The summed E-state index contributed by atoms with van der Waals surface area (Å²) in [4.78, 5) is 0. The van der Waals surface area contributed by atoms with Crippen LogP contribution in [0.2, 0.25) is 0 Å². The largest absolute Gasteiger partial charge is 0.324 e. The van der Waals surface area contributed by atoms with Crippen LogP contribution in [-0.4, -0.2) is 19.9 Å². The van der Waals surface area contributed by atoms with Gasteiger partial charge in [-0.15, -0.1) is 0 Å². The van der Waals surface area contributed by atoms with Crippen LogP contribution in [0.1, 0.15) is 24.4 Å². The molecule has 1 aliphatic heterocycles. The normalized spacial score (nSPS) is 25.4. The van der Waals surface area contributed by atoms with Crippen LogP contribution >= 0.6 is 0 Å². The molecule has 0 bridgehead atoms. The van der Waals surface area contributed by atoms with Crippen molar-refractivity contribution in [3.05, 3.63) is 35.9 Å². The maximum Gasteiger partial charge on any atom is 0.150 e. The third-order valence-corrected chi connectivity index (χ3v) is 4.98. The second-order valence-corrected chi connectivity index (χ2v) is 6.75. The van der Waals surface area contributed by atoms with E-state index in [1.807, 2.05) is 30.3 Å². The quantitative estimate of drug-likeness (QED) is 0.869. The molecule has 0 radical (unpaired) electrons. The van der Waals surface area contributed by atoms with Crippen molar-refractivity contribution in [2.24, 2.45) is 11.7 Å². The number of benzene rings is 1. The molecule has 0 aromatic heterocycles. The van der Waals surface area contributed by atoms with Gasteiger partial charge in [0.15, 0.2) is 9.84 Å². The minimum absolute atomic E-state index is 0.0421. The summed E-state index contributed by atoms with van der Waals surface area (Å²) in [5.41, 5.74) is 7.16. The van der Waals surface area contributed by atoms with E-state index in [0.29, 0.717) is 11.5 Å². The molecule has 0 spiro atoms. The highest BCUT2D eigenvalue weighted by molar-refractivity contribution is 7.91. The summed E-state index contributed by atoms with van der Waals surface area (Å²) in [6, 6.07) is 9.82. The zero-order chi connectivity index (χ0) is 11.6. The minimum atomic E-state index is -2.78. The third-order valence-electron chi connectivity index (χ3n) is 3.14. The van der Waals surface area contributed by atoms with Gasteiger partial charge in [0, 0.05) is 6.04 Å². The summed E-state index contributed by atoms with van der Waals surface area (Å²) in [6.07, 6.45) is 1.53. The first-order valence-electron chi connectivity index (χ1n) is 5.58. The highest BCUT2D eigenvalue weighted by Gasteiger charge is 2.29. The molecule has 4 heteroatoms. The fourth-order valence-corrected chi connectivity index (χ4v) is 4.13. The van der Waals surface area contributed by atoms with Crippen LogP contribution < -0.4 is 5.73 Å². The predicted molar refractivity (Wildman–Crippen MR) is 64.7 cm³/mol. The summed E-state index contributed by atoms with van der Waals surface area (Å²) in [5.74, 6) is 0.882. The Labute approximate surface area is 96.6 Å². The van der Waals surface area contributed by atoms with Gasteiger partial charge in [-0.3, -0.25) is 0 Å². The standard InChI is InChI=1S/C12H17NO2S/c13-12(11-4-2-1-3-5-11)8-10-6-7-16(14,15)9-10/h1-5,10,12H,6-9,13H2. The van der Waals surface area contributed by atoms with Gasteiger partial charge in [-0.05, 0) is 24.3 Å². The van der Waals surface area contributed by atoms with Crippen molar-refractivity contribution < 1.29 is 8.42 Å². The fourth-order valence-electron chi connectivity index (χ4n) is 2.25. The Balaban J connectivity index is 1.96. The molecule has 0 amide bonds. The Morgan fingerprint density at radius 3 is 2.56 bits per heavy atom. The van der Waals surface area contributed by atoms with Crippen LogP contribution in [0.5, 0.6) is 0 Å². The average Bonchev–Trinajstić information content (AvgIpc) is 2.59. The van der Waals surface area contributed by atoms with Crippen molar-refractivity contribution >= 4 is 9.84 Å². The van der Waals surface area contributed by atoms with Gasteiger partial charge in [0.2, 0.25) is 0 Å². The lowest BCUT2D eigenvalue weighted by atomic mass is 9.95. The van der Waals surface area contributed by atoms with E-state index in [2.05, 4.69) is 0 Å². The molecule has 1 fully saturated rings. The first-order chi connectivity index (χ1) is 7.57. The van der Waals surface area contributed by atoms with Crippen LogP contribution in [0.15, 0.2) is 30.3 Å². The Kier molecular flexibility index (Phi) is 3.30. The Bertz CT molecular complexity index is 441. The molecule has 3 nitrogen and oxygen atoms in total. The van der Waals surface area contributed by atoms with E-state index in [1.54, 1.807) is 0 Å². The Hall–Kier alpha value is -0.870. The monoisotopic (exact) mass is 239 g/mol. The molecule has 1 aliphatic rings. The molecule has 1 saturated heterocycles. The van der Waals surface area contributed by atoms with E-state index in [-0.39, 0.29) is 12.0 Å². The lowest BCUT2D eigenvalue weighted by Crippen LogP contribution is -2.16. The SMILES string of the molecule is NC(CC1CCS(=O)(=O)C1)c1ccccc1. The van der Waals surface area contributed by atoms with Crippen LogP contribution in [0.3, 0.4) is 0 Å². The van der Waals surface area contributed by atoms with Gasteiger partial charge in [-0.2, -0.15) is 0 Å². The van der Waals surface area contributed by atoms with Crippen molar-refractivity contribution in [1.29, 1.82) is 0 Å². The average molecular weight is 239 g/mol. The van der Waals surface area contributed by atoms with Crippen LogP contribution in [0.25, 0.3) is 0 Å². The van der Waals surface area contributed by atoms with E-state index >= 15 is 0 Å². The molecule has 2 unspecified atom stereocenters. The lowest BCUT2D eigenvalue weighted by Gasteiger charge is -2.15. The molecule has 1 heterocycles. The second kappa shape index (κ2) is 4.55. The van der Waals surface area contributed by atoms with Gasteiger partial charge in [0.25, 0.3) is 0 Å². The lowest BCUT2D eigenvalue weighted by molar-refractivity contribution is 0.481. The van der Waals surface area contributed by atoms with Crippen LogP contribution in [0.4, 0.5) is 0 Å². The van der Waals surface area contributed by atoms with Gasteiger partial charge in [0.1, 0.15) is 0 Å². The van der Waals surface area contributed by atoms with Crippen molar-refractivity contribution in [1.82, 2.24) is 0 Å². The molecule has 16 heavy (non-hydrogen) atoms. The Morgan fingerprint density at radius 2 is 2.00 bits per heavy atom. The summed E-state index contributed by atoms with van der Waals surface area (Å²) < 4.78 is 22.6. The number of sulfone groups is 1. The maximum atomic E-state index is 11.3. The Morgan fingerprint density at radius 1 is 1.31 bits per heavy atom. The van der Waals surface area contributed by atoms with Gasteiger partial charge in [-0.1, -0.05) is 30.3 Å². The molecule has 2 N–H and O–H groups in total. The summed E-state index contributed by atoms with van der Waals surface area (Å²) in [7, 11) is -2.78. The van der Waals surface area contributed by atoms with E-state index in [1.165, 1.54) is 0 Å². The van der Waals surface area contributed by atoms with E-state index in [4.69, 9.17) is 5.73 Å². The zero-order valence-electron chi connectivity index (χ0n) is 9.17. The number of hydrogen-bond donors (Lipinski definition) is 1. The van der Waals surface area contributed by atoms with E-state index in [9.17, 15) is 8.42 Å². The maximum absolute atomic E-state index is 11.3. The van der Waals surface area contributed by atoms with Gasteiger partial charge in [-0.25, -0.2) is 8.42 Å². The first-order valence-corrected chi connectivity index (χ1v) is 7.40. The number of rotatable bonds is 3. The molecule has 1 aromatic carbocycles. The van der Waals surface area contributed by atoms with Crippen LogP contribution in [-0.2, 0) is 9.84 Å². The molecular formula is C12H17NO2S. The number of hydrogen-bond acceptors (Lipinski definition) is 3. The van der Waals surface area contributed by atoms with Crippen LogP contribution in [0, 0.1) is 5.92 Å². The molecular weight excluding hydrogens is 222 g/mol. The van der Waals surface area contributed by atoms with E-state index in [0.717, 1.165) is 18.4 Å². The van der Waals surface area contributed by atoms with Crippen molar-refractivity contribution in [3.63, 3.8) is 0 Å². The zero-order valence-corrected chi connectivity index (χ0v) is 9.99. The van der Waals surface area contributed by atoms with Crippen molar-refractivity contribution in [2.45, 2.75) is 18.9 Å². The second-order valence-electron chi connectivity index (χ2n) is 4.52. The smallest absolute Gasteiger partial charge is 0.150 e. The highest BCUT2D eigenvalue weighted by atomic mass is 32.2. The van der Waals surface area contributed by atoms with Gasteiger partial charge in [0.05, 0.1) is 11.5 Å². The fraction of sp³-hybridized carbons (Fsp3) is 0.500. The molecule has 88 valence electrons. The summed E-state index contributed by atoms with van der Waals surface area (Å²) in [6.45, 7) is 0. The summed E-state index contributed by atoms with van der Waals surface area (Å²) in [5, 5.41) is 0. The van der Waals surface area contributed by atoms with E-state index < -0.39 is 9.84 Å². The molecule has 0 aliphatic carbocycles. The van der Waals surface area contributed by atoms with Crippen molar-refractivity contribution in [2.75, 3.05) is 11.5 Å². The topological polar surface area (TPSA) is 60.2 Å². The molecule has 1 aromatic rings. The first kappa shape index (κ1) is 11.6. The van der Waals surface area contributed by atoms with Gasteiger partial charge < -0.3 is 5.73 Å². The predicted octanol–water partition coefficient (Wildman–Crippen LogP) is 1.51. The van der Waals surface area contributed by atoms with Crippen molar-refractivity contribution in [3.8, 4) is 0 Å².